The molecule has 2 aliphatic rings. The van der Waals surface area contributed by atoms with Gasteiger partial charge >= 0.3 is 0 Å². The summed E-state index contributed by atoms with van der Waals surface area (Å²) in [6.45, 7) is 3.98. The molecule has 0 radical (unpaired) electrons. The predicted octanol–water partition coefficient (Wildman–Crippen LogP) is 2.21. The maximum absolute atomic E-state index is 3.63. The normalized spacial score (nSPS) is 28.8. The van der Waals surface area contributed by atoms with Crippen molar-refractivity contribution in [1.29, 1.82) is 0 Å². The molecule has 0 bridgehead atoms. The number of hydrogen-bond acceptors (Lipinski definition) is 2. The van der Waals surface area contributed by atoms with Crippen molar-refractivity contribution in [3.63, 3.8) is 0 Å². The van der Waals surface area contributed by atoms with Crippen LogP contribution in [0.4, 0.5) is 0 Å². The van der Waals surface area contributed by atoms with Crippen molar-refractivity contribution in [1.82, 2.24) is 4.90 Å². The first-order valence-corrected chi connectivity index (χ1v) is 6.98. The maximum Gasteiger partial charge on any atom is 0.0100 e. The van der Waals surface area contributed by atoms with Crippen LogP contribution in [-0.2, 0) is 0 Å². The quantitative estimate of drug-likeness (QED) is 0.706. The van der Waals surface area contributed by atoms with E-state index in [1.54, 1.807) is 0 Å². The van der Waals surface area contributed by atoms with E-state index >= 15 is 0 Å². The Morgan fingerprint density at radius 1 is 1.25 bits per heavy atom. The Bertz CT molecular complexity index is 153. The third kappa shape index (κ3) is 2.18. The molecule has 70 valence electrons. The Morgan fingerprint density at radius 3 is 2.42 bits per heavy atom. The lowest BCUT2D eigenvalue weighted by Gasteiger charge is -2.29. The molecule has 2 rings (SSSR count). The van der Waals surface area contributed by atoms with E-state index in [-0.39, 0.29) is 0 Å². The molecule has 1 aliphatic carbocycles. The highest BCUT2D eigenvalue weighted by molar-refractivity contribution is 9.09. The summed E-state index contributed by atoms with van der Waals surface area (Å²) in [5.74, 6) is 2.69. The van der Waals surface area contributed by atoms with Crippen molar-refractivity contribution >= 4 is 27.7 Å². The van der Waals surface area contributed by atoms with Crippen LogP contribution in [0.25, 0.3) is 0 Å². The Labute approximate surface area is 87.4 Å². The lowest BCUT2D eigenvalue weighted by atomic mass is 10.1. The zero-order valence-electron chi connectivity index (χ0n) is 7.39. The molecule has 0 aromatic rings. The summed E-state index contributed by atoms with van der Waals surface area (Å²) in [6.07, 6.45) is 2.89. The van der Waals surface area contributed by atoms with E-state index in [1.807, 2.05) is 0 Å². The van der Waals surface area contributed by atoms with Crippen molar-refractivity contribution in [2.45, 2.75) is 12.8 Å². The maximum atomic E-state index is 3.63. The topological polar surface area (TPSA) is 3.24 Å². The molecule has 1 saturated heterocycles. The number of halogens is 1. The van der Waals surface area contributed by atoms with Gasteiger partial charge in [0, 0.05) is 36.5 Å². The fourth-order valence-corrected chi connectivity index (χ4v) is 3.46. The average Bonchev–Trinajstić information content (AvgIpc) is 2.88. The number of hydrogen-bond donors (Lipinski definition) is 0. The Kier molecular flexibility index (Phi) is 3.03. The summed E-state index contributed by atoms with van der Waals surface area (Å²) in [6, 6.07) is 0. The van der Waals surface area contributed by atoms with Gasteiger partial charge in [-0.15, -0.1) is 0 Å². The highest BCUT2D eigenvalue weighted by Crippen LogP contribution is 2.47. The van der Waals surface area contributed by atoms with Gasteiger partial charge < -0.3 is 4.90 Å². The third-order valence-electron chi connectivity index (χ3n) is 2.90. The van der Waals surface area contributed by atoms with Gasteiger partial charge in [-0.05, 0) is 18.3 Å². The van der Waals surface area contributed by atoms with Crippen LogP contribution in [0.5, 0.6) is 0 Å². The fraction of sp³-hybridized carbons (Fsp3) is 1.00. The first-order chi connectivity index (χ1) is 5.85. The monoisotopic (exact) mass is 249 g/mol. The molecule has 0 aromatic heterocycles. The summed E-state index contributed by atoms with van der Waals surface area (Å²) in [7, 11) is 0. The van der Waals surface area contributed by atoms with Crippen LogP contribution in [0.2, 0.25) is 0 Å². The van der Waals surface area contributed by atoms with Crippen LogP contribution in [0.15, 0.2) is 0 Å². The fourth-order valence-electron chi connectivity index (χ4n) is 1.74. The molecule has 1 saturated carbocycles. The van der Waals surface area contributed by atoms with Gasteiger partial charge in [0.2, 0.25) is 0 Å². The van der Waals surface area contributed by atoms with E-state index in [0.29, 0.717) is 5.41 Å². The molecule has 0 unspecified atom stereocenters. The number of thioether (sulfide) groups is 1. The minimum atomic E-state index is 0.683. The van der Waals surface area contributed by atoms with E-state index in [9.17, 15) is 0 Å². The second kappa shape index (κ2) is 3.89. The second-order valence-corrected chi connectivity index (χ2v) is 5.81. The first-order valence-electron chi connectivity index (χ1n) is 4.71. The average molecular weight is 250 g/mol. The molecule has 0 aromatic carbocycles. The molecule has 0 N–H and O–H groups in total. The molecular weight excluding hydrogens is 234 g/mol. The Hall–Kier alpha value is 0.790. The van der Waals surface area contributed by atoms with Crippen LogP contribution >= 0.6 is 27.7 Å². The van der Waals surface area contributed by atoms with Crippen LogP contribution in [-0.4, -0.2) is 41.4 Å². The summed E-state index contributed by atoms with van der Waals surface area (Å²) in [5.41, 5.74) is 0.683. The van der Waals surface area contributed by atoms with E-state index in [4.69, 9.17) is 0 Å². The van der Waals surface area contributed by atoms with Gasteiger partial charge in [0.25, 0.3) is 0 Å². The summed E-state index contributed by atoms with van der Waals surface area (Å²) in [4.78, 5) is 2.64. The molecule has 1 aliphatic heterocycles. The van der Waals surface area contributed by atoms with E-state index in [2.05, 4.69) is 32.6 Å². The Morgan fingerprint density at radius 2 is 1.92 bits per heavy atom. The third-order valence-corrected chi connectivity index (χ3v) is 5.04. The minimum Gasteiger partial charge on any atom is -0.301 e. The van der Waals surface area contributed by atoms with Crippen LogP contribution in [0.3, 0.4) is 0 Å². The van der Waals surface area contributed by atoms with Gasteiger partial charge in [-0.2, -0.15) is 11.8 Å². The van der Waals surface area contributed by atoms with Gasteiger partial charge in [0.05, 0.1) is 0 Å². The zero-order chi connectivity index (χ0) is 8.44. The number of alkyl halides is 1. The van der Waals surface area contributed by atoms with Crippen LogP contribution in [0, 0.1) is 5.41 Å². The van der Waals surface area contributed by atoms with Crippen molar-refractivity contribution in [2.24, 2.45) is 5.41 Å². The zero-order valence-corrected chi connectivity index (χ0v) is 9.79. The van der Waals surface area contributed by atoms with Crippen molar-refractivity contribution in [2.75, 3.05) is 36.5 Å². The highest BCUT2D eigenvalue weighted by atomic mass is 79.9. The number of nitrogens with zero attached hydrogens (tertiary/aromatic N) is 1. The van der Waals surface area contributed by atoms with Crippen molar-refractivity contribution in [3.05, 3.63) is 0 Å². The molecule has 1 nitrogen and oxygen atoms in total. The summed E-state index contributed by atoms with van der Waals surface area (Å²) in [5, 5.41) is 1.21. The van der Waals surface area contributed by atoms with E-state index in [1.165, 1.54) is 49.3 Å². The van der Waals surface area contributed by atoms with Crippen molar-refractivity contribution in [3.8, 4) is 0 Å². The van der Waals surface area contributed by atoms with Crippen molar-refractivity contribution < 1.29 is 0 Å². The lowest BCUT2D eigenvalue weighted by molar-refractivity contribution is 0.252. The first kappa shape index (κ1) is 9.35. The van der Waals surface area contributed by atoms with E-state index < -0.39 is 0 Å². The molecule has 1 heterocycles. The minimum absolute atomic E-state index is 0.683. The summed E-state index contributed by atoms with van der Waals surface area (Å²) < 4.78 is 0. The SMILES string of the molecule is BrCC1(CN2CCSCC2)CC1. The largest absolute Gasteiger partial charge is 0.301 e. The van der Waals surface area contributed by atoms with Gasteiger partial charge in [-0.3, -0.25) is 0 Å². The molecular formula is C9H16BrNS. The second-order valence-electron chi connectivity index (χ2n) is 4.02. The highest BCUT2D eigenvalue weighted by Gasteiger charge is 2.42. The molecule has 2 fully saturated rings. The predicted molar refractivity (Wildman–Crippen MR) is 59.2 cm³/mol. The summed E-state index contributed by atoms with van der Waals surface area (Å²) >= 11 is 5.73. The molecule has 0 atom stereocenters. The van der Waals surface area contributed by atoms with Gasteiger partial charge in [-0.25, -0.2) is 0 Å². The van der Waals surface area contributed by atoms with Crippen LogP contribution in [0.1, 0.15) is 12.8 Å². The molecule has 0 spiro atoms. The van der Waals surface area contributed by atoms with E-state index in [0.717, 1.165) is 0 Å². The Balaban J connectivity index is 1.77. The number of rotatable bonds is 3. The van der Waals surface area contributed by atoms with Crippen LogP contribution < -0.4 is 0 Å². The lowest BCUT2D eigenvalue weighted by Crippen LogP contribution is -2.37. The van der Waals surface area contributed by atoms with Gasteiger partial charge in [0.15, 0.2) is 0 Å². The molecule has 12 heavy (non-hydrogen) atoms. The smallest absolute Gasteiger partial charge is 0.0100 e. The van der Waals surface area contributed by atoms with Gasteiger partial charge in [0.1, 0.15) is 0 Å². The standard InChI is InChI=1S/C9H16BrNS/c10-7-9(1-2-9)8-11-3-5-12-6-4-11/h1-8H2. The van der Waals surface area contributed by atoms with Gasteiger partial charge in [-0.1, -0.05) is 15.9 Å². The molecule has 3 heteroatoms. The molecule has 0 amide bonds.